The fourth-order valence-electron chi connectivity index (χ4n) is 2.13. The van der Waals surface area contributed by atoms with E-state index in [1.54, 1.807) is 0 Å². The maximum absolute atomic E-state index is 10.1. The molecule has 84 valence electrons. The number of aromatic nitrogens is 1. The van der Waals surface area contributed by atoms with Gasteiger partial charge in [-0.2, -0.15) is 0 Å². The Hall–Kier alpha value is -0.870. The lowest BCUT2D eigenvalue weighted by atomic mass is 10.0. The van der Waals surface area contributed by atoms with Gasteiger partial charge < -0.3 is 14.9 Å². The predicted molar refractivity (Wildman–Crippen MR) is 56.4 cm³/mol. The van der Waals surface area contributed by atoms with E-state index in [-0.39, 0.29) is 0 Å². The molecule has 2 rings (SSSR count). The van der Waals surface area contributed by atoms with Crippen molar-refractivity contribution in [3.8, 4) is 0 Å². The van der Waals surface area contributed by atoms with Crippen LogP contribution in [0.4, 0.5) is 0 Å². The van der Waals surface area contributed by atoms with Gasteiger partial charge in [-0.25, -0.2) is 0 Å². The molecule has 4 nitrogen and oxygen atoms in total. The smallest absolute Gasteiger partial charge is 0.150 e. The van der Waals surface area contributed by atoms with Crippen LogP contribution in [0.15, 0.2) is 10.6 Å². The second-order valence-electron chi connectivity index (χ2n) is 4.47. The summed E-state index contributed by atoms with van der Waals surface area (Å²) in [5, 5.41) is 17.1. The molecule has 0 radical (unpaired) electrons. The zero-order chi connectivity index (χ0) is 10.7. The summed E-state index contributed by atoms with van der Waals surface area (Å²) in [6.45, 7) is 3.19. The summed E-state index contributed by atoms with van der Waals surface area (Å²) in [6, 6.07) is 1.91. The Balaban J connectivity index is 1.75. The third kappa shape index (κ3) is 2.79. The van der Waals surface area contributed by atoms with Crippen molar-refractivity contribution < 1.29 is 9.63 Å². The van der Waals surface area contributed by atoms with E-state index in [0.29, 0.717) is 13.1 Å². The highest BCUT2D eigenvalue weighted by atomic mass is 16.5. The quantitative estimate of drug-likeness (QED) is 0.788. The molecular weight excluding hydrogens is 192 g/mol. The molecule has 1 aromatic heterocycles. The van der Waals surface area contributed by atoms with Gasteiger partial charge in [-0.3, -0.25) is 0 Å². The molecule has 1 aliphatic rings. The van der Waals surface area contributed by atoms with Crippen molar-refractivity contribution in [1.82, 2.24) is 10.5 Å². The second-order valence-corrected chi connectivity index (χ2v) is 4.47. The zero-order valence-corrected chi connectivity index (χ0v) is 9.12. The molecule has 15 heavy (non-hydrogen) atoms. The van der Waals surface area contributed by atoms with Crippen LogP contribution in [0.1, 0.15) is 37.1 Å². The molecule has 0 aliphatic heterocycles. The van der Waals surface area contributed by atoms with Crippen molar-refractivity contribution in [1.29, 1.82) is 0 Å². The Morgan fingerprint density at radius 1 is 1.53 bits per heavy atom. The van der Waals surface area contributed by atoms with Crippen LogP contribution in [-0.4, -0.2) is 22.4 Å². The minimum Gasteiger partial charge on any atom is -0.389 e. The molecule has 1 aliphatic carbocycles. The van der Waals surface area contributed by atoms with E-state index in [1.807, 2.05) is 13.0 Å². The number of aryl methyl sites for hydroxylation is 1. The van der Waals surface area contributed by atoms with Crippen molar-refractivity contribution >= 4 is 0 Å². The van der Waals surface area contributed by atoms with Gasteiger partial charge in [0.15, 0.2) is 5.76 Å². The molecule has 1 saturated carbocycles. The number of nitrogens with one attached hydrogen (secondary N) is 1. The minimum absolute atomic E-state index is 0.491. The fourth-order valence-corrected chi connectivity index (χ4v) is 2.13. The summed E-state index contributed by atoms with van der Waals surface area (Å²) in [6.07, 6.45) is 4.10. The summed E-state index contributed by atoms with van der Waals surface area (Å²) in [5.41, 5.74) is 0.404. The van der Waals surface area contributed by atoms with Gasteiger partial charge in [0.05, 0.1) is 17.8 Å². The highest BCUT2D eigenvalue weighted by Crippen LogP contribution is 2.28. The average Bonchev–Trinajstić information content (AvgIpc) is 2.76. The first kappa shape index (κ1) is 10.6. The Labute approximate surface area is 89.7 Å². The number of aliphatic hydroxyl groups is 1. The first-order valence-corrected chi connectivity index (χ1v) is 5.53. The highest BCUT2D eigenvalue weighted by Gasteiger charge is 2.30. The molecule has 2 N–H and O–H groups in total. The molecule has 1 aromatic rings. The van der Waals surface area contributed by atoms with E-state index in [2.05, 4.69) is 10.5 Å². The van der Waals surface area contributed by atoms with Crippen LogP contribution >= 0.6 is 0 Å². The molecule has 0 spiro atoms. The Morgan fingerprint density at radius 3 is 2.87 bits per heavy atom. The first-order chi connectivity index (χ1) is 7.18. The fraction of sp³-hybridized carbons (Fsp3) is 0.727. The van der Waals surface area contributed by atoms with E-state index < -0.39 is 5.60 Å². The summed E-state index contributed by atoms with van der Waals surface area (Å²) in [5.74, 6) is 0.828. The van der Waals surface area contributed by atoms with Gasteiger partial charge in [0, 0.05) is 12.6 Å². The predicted octanol–water partition coefficient (Wildman–Crippen LogP) is 1.38. The molecule has 0 aromatic carbocycles. The third-order valence-corrected chi connectivity index (χ3v) is 2.96. The largest absolute Gasteiger partial charge is 0.389 e. The molecule has 1 fully saturated rings. The van der Waals surface area contributed by atoms with Crippen LogP contribution in [-0.2, 0) is 6.54 Å². The van der Waals surface area contributed by atoms with Crippen molar-refractivity contribution in [2.24, 2.45) is 0 Å². The molecular formula is C11H18N2O2. The molecule has 0 atom stereocenters. The summed E-state index contributed by atoms with van der Waals surface area (Å²) in [7, 11) is 0. The van der Waals surface area contributed by atoms with Gasteiger partial charge in [0.25, 0.3) is 0 Å². The highest BCUT2D eigenvalue weighted by molar-refractivity contribution is 5.02. The Morgan fingerprint density at radius 2 is 2.27 bits per heavy atom. The van der Waals surface area contributed by atoms with Crippen LogP contribution in [0.25, 0.3) is 0 Å². The van der Waals surface area contributed by atoms with Crippen LogP contribution in [0, 0.1) is 6.92 Å². The first-order valence-electron chi connectivity index (χ1n) is 5.53. The summed E-state index contributed by atoms with van der Waals surface area (Å²) < 4.78 is 5.07. The molecule has 0 saturated heterocycles. The molecule has 1 heterocycles. The molecule has 0 bridgehead atoms. The Kier molecular flexibility index (Phi) is 3.07. The van der Waals surface area contributed by atoms with Gasteiger partial charge in [-0.1, -0.05) is 18.0 Å². The Bertz CT molecular complexity index is 316. The average molecular weight is 210 g/mol. The van der Waals surface area contributed by atoms with E-state index in [1.165, 1.54) is 0 Å². The van der Waals surface area contributed by atoms with E-state index in [9.17, 15) is 5.11 Å². The van der Waals surface area contributed by atoms with E-state index in [0.717, 1.165) is 37.1 Å². The number of hydrogen-bond acceptors (Lipinski definition) is 4. The van der Waals surface area contributed by atoms with Gasteiger partial charge in [-0.15, -0.1) is 0 Å². The lowest BCUT2D eigenvalue weighted by molar-refractivity contribution is 0.0469. The number of nitrogens with zero attached hydrogens (tertiary/aromatic N) is 1. The second kappa shape index (κ2) is 4.33. The van der Waals surface area contributed by atoms with Crippen molar-refractivity contribution in [2.75, 3.05) is 6.54 Å². The lowest BCUT2D eigenvalue weighted by Gasteiger charge is -2.21. The molecule has 0 unspecified atom stereocenters. The molecule has 0 amide bonds. The van der Waals surface area contributed by atoms with Gasteiger partial charge >= 0.3 is 0 Å². The van der Waals surface area contributed by atoms with Gasteiger partial charge in [0.1, 0.15) is 0 Å². The van der Waals surface area contributed by atoms with Gasteiger partial charge in [-0.05, 0) is 19.8 Å². The maximum Gasteiger partial charge on any atom is 0.150 e. The topological polar surface area (TPSA) is 58.3 Å². The van der Waals surface area contributed by atoms with Crippen molar-refractivity contribution in [3.63, 3.8) is 0 Å². The van der Waals surface area contributed by atoms with Crippen LogP contribution in [0.2, 0.25) is 0 Å². The summed E-state index contributed by atoms with van der Waals surface area (Å²) in [4.78, 5) is 0. The normalized spacial score (nSPS) is 19.6. The molecule has 4 heteroatoms. The minimum atomic E-state index is -0.491. The van der Waals surface area contributed by atoms with Gasteiger partial charge in [0.2, 0.25) is 0 Å². The van der Waals surface area contributed by atoms with Crippen LogP contribution < -0.4 is 5.32 Å². The van der Waals surface area contributed by atoms with Crippen LogP contribution in [0.3, 0.4) is 0 Å². The van der Waals surface area contributed by atoms with Crippen LogP contribution in [0.5, 0.6) is 0 Å². The lowest BCUT2D eigenvalue weighted by Crippen LogP contribution is -2.37. The SMILES string of the molecule is Cc1cc(CNCC2(O)CCCC2)on1. The van der Waals surface area contributed by atoms with E-state index in [4.69, 9.17) is 4.52 Å². The maximum atomic E-state index is 10.1. The number of rotatable bonds is 4. The standard InChI is InChI=1S/C11H18N2O2/c1-9-6-10(15-13-9)7-12-8-11(14)4-2-3-5-11/h6,12,14H,2-5,7-8H2,1H3. The number of hydrogen-bond donors (Lipinski definition) is 2. The summed E-state index contributed by atoms with van der Waals surface area (Å²) >= 11 is 0. The van der Waals surface area contributed by atoms with E-state index >= 15 is 0 Å². The third-order valence-electron chi connectivity index (χ3n) is 2.96. The van der Waals surface area contributed by atoms with Crippen molar-refractivity contribution in [2.45, 2.75) is 44.8 Å². The zero-order valence-electron chi connectivity index (χ0n) is 9.12. The van der Waals surface area contributed by atoms with Crippen molar-refractivity contribution in [3.05, 3.63) is 17.5 Å². The monoisotopic (exact) mass is 210 g/mol.